The van der Waals surface area contributed by atoms with E-state index >= 15 is 0 Å². The summed E-state index contributed by atoms with van der Waals surface area (Å²) < 4.78 is 13.2. The summed E-state index contributed by atoms with van der Waals surface area (Å²) >= 11 is 7.54. The third-order valence-corrected chi connectivity index (χ3v) is 6.94. The summed E-state index contributed by atoms with van der Waals surface area (Å²) in [7, 11) is 1.66. The minimum atomic E-state index is 0.667. The van der Waals surface area contributed by atoms with E-state index < -0.39 is 0 Å². The van der Waals surface area contributed by atoms with E-state index in [9.17, 15) is 0 Å². The zero-order valence-electron chi connectivity index (χ0n) is 21.3. The van der Waals surface area contributed by atoms with Gasteiger partial charge in [0.1, 0.15) is 17.2 Å². The number of hydrogen-bond acceptors (Lipinski definition) is 5. The van der Waals surface area contributed by atoms with Gasteiger partial charge in [-0.25, -0.2) is 9.67 Å². The highest BCUT2D eigenvalue weighted by atomic mass is 35.5. The molecule has 0 aliphatic rings. The molecule has 190 valence electrons. The maximum absolute atomic E-state index is 6.00. The van der Waals surface area contributed by atoms with E-state index in [0.717, 1.165) is 38.6 Å². The molecule has 1 heterocycles. The van der Waals surface area contributed by atoms with Crippen molar-refractivity contribution in [2.24, 2.45) is 10.1 Å². The minimum Gasteiger partial charge on any atom is -0.497 e. The van der Waals surface area contributed by atoms with Crippen molar-refractivity contribution in [3.8, 4) is 28.5 Å². The molecule has 0 spiro atoms. The van der Waals surface area contributed by atoms with Gasteiger partial charge >= 0.3 is 0 Å². The number of aryl methyl sites for hydroxylation is 2. The monoisotopic (exact) mass is 539 g/mol. The first-order chi connectivity index (χ1) is 18.5. The lowest BCUT2D eigenvalue weighted by Gasteiger charge is -2.07. The largest absolute Gasteiger partial charge is 0.497 e. The van der Waals surface area contributed by atoms with Gasteiger partial charge in [-0.3, -0.25) is 0 Å². The number of rotatable bonds is 7. The average Bonchev–Trinajstić information content (AvgIpc) is 3.33. The lowest BCUT2D eigenvalue weighted by atomic mass is 10.1. The third kappa shape index (κ3) is 6.05. The fourth-order valence-corrected chi connectivity index (χ4v) is 4.88. The quantitative estimate of drug-likeness (QED) is 0.195. The van der Waals surface area contributed by atoms with E-state index in [0.29, 0.717) is 16.5 Å². The van der Waals surface area contributed by atoms with Crippen LogP contribution in [0.2, 0.25) is 5.02 Å². The third-order valence-electron chi connectivity index (χ3n) is 5.87. The number of ether oxygens (including phenoxy) is 2. The summed E-state index contributed by atoms with van der Waals surface area (Å²) in [5.41, 5.74) is 6.09. The van der Waals surface area contributed by atoms with Gasteiger partial charge in [-0.2, -0.15) is 5.10 Å². The molecular formula is C31H26ClN3O2S. The molecule has 5 nitrogen and oxygen atoms in total. The highest BCUT2D eigenvalue weighted by molar-refractivity contribution is 7.07. The molecular weight excluding hydrogens is 514 g/mol. The van der Waals surface area contributed by atoms with Crippen molar-refractivity contribution in [1.82, 2.24) is 4.68 Å². The molecule has 0 atom stereocenters. The molecule has 4 aromatic carbocycles. The molecule has 0 N–H and O–H groups in total. The van der Waals surface area contributed by atoms with Crippen LogP contribution in [-0.2, 0) is 0 Å². The summed E-state index contributed by atoms with van der Waals surface area (Å²) in [6, 6.07) is 29.2. The van der Waals surface area contributed by atoms with Gasteiger partial charge in [0.2, 0.25) is 4.80 Å². The topological polar surface area (TPSA) is 48.1 Å². The molecule has 0 amide bonds. The number of aromatic nitrogens is 1. The van der Waals surface area contributed by atoms with Crippen molar-refractivity contribution in [2.45, 2.75) is 13.8 Å². The van der Waals surface area contributed by atoms with Crippen molar-refractivity contribution in [3.05, 3.63) is 123 Å². The minimum absolute atomic E-state index is 0.667. The molecule has 1 aromatic heterocycles. The van der Waals surface area contributed by atoms with Gasteiger partial charge < -0.3 is 9.47 Å². The lowest BCUT2D eigenvalue weighted by Crippen LogP contribution is -2.11. The van der Waals surface area contributed by atoms with Crippen LogP contribution in [0.3, 0.4) is 0 Å². The van der Waals surface area contributed by atoms with Gasteiger partial charge in [0, 0.05) is 16.0 Å². The predicted octanol–water partition coefficient (Wildman–Crippen LogP) is 8.40. The number of thiazole rings is 1. The van der Waals surface area contributed by atoms with Crippen molar-refractivity contribution < 1.29 is 9.47 Å². The molecule has 0 unspecified atom stereocenters. The Hall–Kier alpha value is -4.13. The van der Waals surface area contributed by atoms with Crippen LogP contribution in [0, 0.1) is 13.8 Å². The summed E-state index contributed by atoms with van der Waals surface area (Å²) in [6.45, 7) is 4.16. The van der Waals surface area contributed by atoms with E-state index in [4.69, 9.17) is 31.2 Å². The first kappa shape index (κ1) is 25.5. The molecule has 0 aliphatic heterocycles. The molecule has 0 saturated heterocycles. The van der Waals surface area contributed by atoms with Gasteiger partial charge in [0.15, 0.2) is 0 Å². The van der Waals surface area contributed by atoms with Crippen LogP contribution in [0.5, 0.6) is 17.2 Å². The zero-order valence-corrected chi connectivity index (χ0v) is 22.8. The Morgan fingerprint density at radius 3 is 2.34 bits per heavy atom. The lowest BCUT2D eigenvalue weighted by molar-refractivity contribution is 0.415. The Balaban J connectivity index is 1.53. The molecule has 0 saturated carbocycles. The number of nitrogens with zero attached hydrogens (tertiary/aromatic N) is 3. The van der Waals surface area contributed by atoms with Crippen molar-refractivity contribution in [3.63, 3.8) is 0 Å². The Labute approximate surface area is 230 Å². The van der Waals surface area contributed by atoms with Crippen molar-refractivity contribution >= 4 is 34.8 Å². The molecule has 0 radical (unpaired) electrons. The maximum Gasteiger partial charge on any atom is 0.211 e. The zero-order chi connectivity index (χ0) is 26.5. The summed E-state index contributed by atoms with van der Waals surface area (Å²) in [5.74, 6) is 2.23. The molecule has 0 aliphatic carbocycles. The second kappa shape index (κ2) is 11.5. The van der Waals surface area contributed by atoms with Crippen LogP contribution in [-0.4, -0.2) is 18.0 Å². The predicted molar refractivity (Wildman–Crippen MR) is 156 cm³/mol. The molecule has 7 heteroatoms. The SMILES string of the molecule is COc1ccc(-c2csc(=Nc3ccc(C)cc3C)n2N=Cc2cccc(Oc3ccc(Cl)cc3)c2)cc1. The molecule has 38 heavy (non-hydrogen) atoms. The van der Waals surface area contributed by atoms with Crippen LogP contribution < -0.4 is 14.3 Å². The van der Waals surface area contributed by atoms with Crippen LogP contribution in [0.25, 0.3) is 11.3 Å². The normalized spacial score (nSPS) is 11.7. The van der Waals surface area contributed by atoms with Crippen LogP contribution in [0.4, 0.5) is 5.69 Å². The van der Waals surface area contributed by atoms with E-state index in [1.165, 1.54) is 5.56 Å². The highest BCUT2D eigenvalue weighted by Crippen LogP contribution is 2.26. The average molecular weight is 540 g/mol. The second-order valence-electron chi connectivity index (χ2n) is 8.72. The van der Waals surface area contributed by atoms with E-state index in [-0.39, 0.29) is 0 Å². The first-order valence-corrected chi connectivity index (χ1v) is 13.3. The highest BCUT2D eigenvalue weighted by Gasteiger charge is 2.09. The summed E-state index contributed by atoms with van der Waals surface area (Å²) in [5, 5.41) is 7.60. The van der Waals surface area contributed by atoms with Crippen LogP contribution in [0.15, 0.2) is 106 Å². The maximum atomic E-state index is 6.00. The van der Waals surface area contributed by atoms with Gasteiger partial charge in [-0.05, 0) is 91.7 Å². The Morgan fingerprint density at radius 2 is 1.61 bits per heavy atom. The Bertz CT molecular complexity index is 1650. The van der Waals surface area contributed by atoms with Gasteiger partial charge in [-0.15, -0.1) is 11.3 Å². The Kier molecular flexibility index (Phi) is 7.73. The molecule has 5 rings (SSSR count). The van der Waals surface area contributed by atoms with E-state index in [2.05, 4.69) is 31.4 Å². The smallest absolute Gasteiger partial charge is 0.211 e. The number of halogens is 1. The van der Waals surface area contributed by atoms with E-state index in [1.54, 1.807) is 30.6 Å². The van der Waals surface area contributed by atoms with Crippen LogP contribution in [0.1, 0.15) is 16.7 Å². The summed E-state index contributed by atoms with van der Waals surface area (Å²) in [6.07, 6.45) is 1.81. The van der Waals surface area contributed by atoms with Crippen LogP contribution >= 0.6 is 22.9 Å². The summed E-state index contributed by atoms with van der Waals surface area (Å²) in [4.78, 5) is 5.73. The van der Waals surface area contributed by atoms with E-state index in [1.807, 2.05) is 77.6 Å². The van der Waals surface area contributed by atoms with Gasteiger partial charge in [0.05, 0.1) is 24.7 Å². The van der Waals surface area contributed by atoms with Crippen molar-refractivity contribution in [2.75, 3.05) is 7.11 Å². The second-order valence-corrected chi connectivity index (χ2v) is 9.99. The number of hydrogen-bond donors (Lipinski definition) is 0. The van der Waals surface area contributed by atoms with Gasteiger partial charge in [-0.1, -0.05) is 41.4 Å². The fraction of sp³-hybridized carbons (Fsp3) is 0.0968. The Morgan fingerprint density at radius 1 is 0.842 bits per heavy atom. The van der Waals surface area contributed by atoms with Crippen molar-refractivity contribution in [1.29, 1.82) is 0 Å². The molecule has 0 bridgehead atoms. The number of benzene rings is 4. The molecule has 5 aromatic rings. The number of methoxy groups -OCH3 is 1. The first-order valence-electron chi connectivity index (χ1n) is 12.0. The standard InChI is InChI=1S/C31H26ClN3O2S/c1-21-7-16-29(22(2)17-21)34-31-35(30(20-38-31)24-8-12-26(36-3)13-9-24)33-19-23-5-4-6-28(18-23)37-27-14-10-25(32)11-15-27/h4-20H,1-3H3. The fourth-order valence-electron chi connectivity index (χ4n) is 3.90. The molecule has 0 fully saturated rings. The van der Waals surface area contributed by atoms with Gasteiger partial charge in [0.25, 0.3) is 0 Å².